The monoisotopic (exact) mass is 357 g/mol. The fraction of sp³-hybridized carbons (Fsp3) is 0.533. The van der Waals surface area contributed by atoms with Gasteiger partial charge in [-0.25, -0.2) is 4.79 Å². The minimum atomic E-state index is -1.51. The molecule has 0 bridgehead atoms. The van der Waals surface area contributed by atoms with E-state index in [9.17, 15) is 9.90 Å². The molecule has 2 atom stereocenters. The molecule has 1 aromatic carbocycles. The van der Waals surface area contributed by atoms with Gasteiger partial charge in [0.15, 0.2) is 5.60 Å². The zero-order valence-electron chi connectivity index (χ0n) is 12.2. The molecule has 2 unspecified atom stereocenters. The highest BCUT2D eigenvalue weighted by atomic mass is 79.9. The zero-order chi connectivity index (χ0) is 15.5. The SMILES string of the molecule is COC(=O)C(C)(O)CN1CCOC(c2cccc(Br)c2)C1. The van der Waals surface area contributed by atoms with Crippen LogP contribution in [0, 0.1) is 0 Å². The molecule has 2 rings (SSSR count). The minimum Gasteiger partial charge on any atom is -0.467 e. The summed E-state index contributed by atoms with van der Waals surface area (Å²) in [7, 11) is 1.28. The number of β-amino-alcohol motifs (C(OH)–C–C–N with tert-alkyl or cyclic N) is 1. The number of benzene rings is 1. The van der Waals surface area contributed by atoms with Crippen LogP contribution in [-0.2, 0) is 14.3 Å². The maximum absolute atomic E-state index is 11.6. The molecule has 6 heteroatoms. The van der Waals surface area contributed by atoms with Gasteiger partial charge in [-0.2, -0.15) is 0 Å². The average Bonchev–Trinajstić information content (AvgIpc) is 2.46. The van der Waals surface area contributed by atoms with Gasteiger partial charge in [-0.05, 0) is 24.6 Å². The summed E-state index contributed by atoms with van der Waals surface area (Å²) in [4.78, 5) is 13.6. The van der Waals surface area contributed by atoms with Crippen molar-refractivity contribution in [2.45, 2.75) is 18.6 Å². The van der Waals surface area contributed by atoms with Crippen molar-refractivity contribution in [2.24, 2.45) is 0 Å². The van der Waals surface area contributed by atoms with Gasteiger partial charge in [0.1, 0.15) is 0 Å². The third kappa shape index (κ3) is 4.26. The Kier molecular flexibility index (Phi) is 5.37. The van der Waals surface area contributed by atoms with Crippen LogP contribution in [0.5, 0.6) is 0 Å². The molecule has 21 heavy (non-hydrogen) atoms. The summed E-state index contributed by atoms with van der Waals surface area (Å²) in [6.45, 7) is 3.58. The number of esters is 1. The van der Waals surface area contributed by atoms with Gasteiger partial charge in [0.25, 0.3) is 0 Å². The zero-order valence-corrected chi connectivity index (χ0v) is 13.8. The Morgan fingerprint density at radius 3 is 3.05 bits per heavy atom. The molecule has 1 aliphatic heterocycles. The Labute approximate surface area is 133 Å². The highest BCUT2D eigenvalue weighted by Crippen LogP contribution is 2.25. The molecule has 0 spiro atoms. The Bertz CT molecular complexity index is 506. The standard InChI is InChI=1S/C15H20BrNO4/c1-15(19,14(18)20-2)10-17-6-7-21-13(9-17)11-4-3-5-12(16)8-11/h3-5,8,13,19H,6-7,9-10H2,1-2H3. The van der Waals surface area contributed by atoms with Crippen molar-refractivity contribution in [3.63, 3.8) is 0 Å². The van der Waals surface area contributed by atoms with E-state index < -0.39 is 11.6 Å². The van der Waals surface area contributed by atoms with Gasteiger partial charge in [-0.15, -0.1) is 0 Å². The number of carbonyl (C=O) groups is 1. The minimum absolute atomic E-state index is 0.0651. The van der Waals surface area contributed by atoms with Crippen molar-refractivity contribution < 1.29 is 19.4 Å². The number of hydrogen-bond acceptors (Lipinski definition) is 5. The molecule has 1 fully saturated rings. The predicted molar refractivity (Wildman–Crippen MR) is 81.9 cm³/mol. The van der Waals surface area contributed by atoms with E-state index in [-0.39, 0.29) is 12.6 Å². The average molecular weight is 358 g/mol. The fourth-order valence-electron chi connectivity index (χ4n) is 2.47. The van der Waals surface area contributed by atoms with Gasteiger partial charge in [-0.1, -0.05) is 28.1 Å². The van der Waals surface area contributed by atoms with Crippen LogP contribution in [0.15, 0.2) is 28.7 Å². The molecule has 5 nitrogen and oxygen atoms in total. The van der Waals surface area contributed by atoms with Crippen molar-refractivity contribution in [1.82, 2.24) is 4.90 Å². The lowest BCUT2D eigenvalue weighted by molar-refractivity contribution is -0.164. The summed E-state index contributed by atoms with van der Waals surface area (Å²) >= 11 is 3.45. The van der Waals surface area contributed by atoms with Gasteiger partial charge >= 0.3 is 5.97 Å². The Morgan fingerprint density at radius 1 is 1.62 bits per heavy atom. The van der Waals surface area contributed by atoms with Crippen LogP contribution >= 0.6 is 15.9 Å². The van der Waals surface area contributed by atoms with E-state index in [4.69, 9.17) is 4.74 Å². The van der Waals surface area contributed by atoms with Crippen LogP contribution in [0.2, 0.25) is 0 Å². The van der Waals surface area contributed by atoms with E-state index >= 15 is 0 Å². The number of ether oxygens (including phenoxy) is 2. The lowest BCUT2D eigenvalue weighted by atomic mass is 10.0. The fourth-order valence-corrected chi connectivity index (χ4v) is 2.89. The van der Waals surface area contributed by atoms with Gasteiger partial charge in [0.05, 0.1) is 19.8 Å². The third-order valence-electron chi connectivity index (χ3n) is 3.53. The molecule has 0 amide bonds. The predicted octanol–water partition coefficient (Wildman–Crippen LogP) is 1.75. The summed E-state index contributed by atoms with van der Waals surface area (Å²) < 4.78 is 11.4. The normalized spacial score (nSPS) is 22.6. The molecule has 1 saturated heterocycles. The number of carbonyl (C=O) groups excluding carboxylic acids is 1. The van der Waals surface area contributed by atoms with Crippen molar-refractivity contribution in [3.8, 4) is 0 Å². The van der Waals surface area contributed by atoms with Crippen LogP contribution in [0.25, 0.3) is 0 Å². The molecule has 0 aromatic heterocycles. The third-order valence-corrected chi connectivity index (χ3v) is 4.02. The highest BCUT2D eigenvalue weighted by Gasteiger charge is 2.35. The van der Waals surface area contributed by atoms with Crippen LogP contribution in [0.3, 0.4) is 0 Å². The Balaban J connectivity index is 2.02. The summed E-state index contributed by atoms with van der Waals surface area (Å²) in [6.07, 6.45) is -0.0651. The van der Waals surface area contributed by atoms with E-state index in [2.05, 4.69) is 20.7 Å². The first kappa shape index (κ1) is 16.4. The number of halogens is 1. The molecule has 1 heterocycles. The lowest BCUT2D eigenvalue weighted by Crippen LogP contribution is -2.51. The van der Waals surface area contributed by atoms with Crippen LogP contribution in [-0.4, -0.2) is 54.9 Å². The molecule has 0 radical (unpaired) electrons. The van der Waals surface area contributed by atoms with Gasteiger partial charge in [-0.3, -0.25) is 4.90 Å². The Morgan fingerprint density at radius 2 is 2.38 bits per heavy atom. The first-order valence-corrected chi connectivity index (χ1v) is 7.62. The topological polar surface area (TPSA) is 59.0 Å². The summed E-state index contributed by atoms with van der Waals surface area (Å²) in [6, 6.07) is 7.96. The van der Waals surface area contributed by atoms with Gasteiger partial charge in [0.2, 0.25) is 0 Å². The van der Waals surface area contributed by atoms with E-state index in [1.54, 1.807) is 0 Å². The van der Waals surface area contributed by atoms with Crippen molar-refractivity contribution in [1.29, 1.82) is 0 Å². The molecular weight excluding hydrogens is 338 g/mol. The number of morpholine rings is 1. The lowest BCUT2D eigenvalue weighted by Gasteiger charge is -2.36. The number of hydrogen-bond donors (Lipinski definition) is 1. The number of aliphatic hydroxyl groups is 1. The summed E-state index contributed by atoms with van der Waals surface area (Å²) in [5.41, 5.74) is -0.430. The second kappa shape index (κ2) is 6.87. The molecule has 1 N–H and O–H groups in total. The van der Waals surface area contributed by atoms with Crippen LogP contribution in [0.4, 0.5) is 0 Å². The van der Waals surface area contributed by atoms with Crippen molar-refractivity contribution in [2.75, 3.05) is 33.4 Å². The molecule has 0 saturated carbocycles. The first-order chi connectivity index (χ1) is 9.92. The molecule has 0 aliphatic carbocycles. The van der Waals surface area contributed by atoms with Crippen molar-refractivity contribution >= 4 is 21.9 Å². The van der Waals surface area contributed by atoms with Crippen LogP contribution in [0.1, 0.15) is 18.6 Å². The second-order valence-corrected chi connectivity index (χ2v) is 6.33. The largest absolute Gasteiger partial charge is 0.467 e. The number of nitrogens with zero attached hydrogens (tertiary/aromatic N) is 1. The molecule has 1 aliphatic rings. The van der Waals surface area contributed by atoms with E-state index in [0.29, 0.717) is 19.7 Å². The number of methoxy groups -OCH3 is 1. The highest BCUT2D eigenvalue weighted by molar-refractivity contribution is 9.10. The smallest absolute Gasteiger partial charge is 0.338 e. The number of rotatable bonds is 4. The molecular formula is C15H20BrNO4. The van der Waals surface area contributed by atoms with Gasteiger partial charge < -0.3 is 14.6 Å². The Hall–Kier alpha value is -0.950. The quantitative estimate of drug-likeness (QED) is 0.831. The van der Waals surface area contributed by atoms with E-state index in [0.717, 1.165) is 10.0 Å². The molecule has 1 aromatic rings. The summed E-state index contributed by atoms with van der Waals surface area (Å²) in [5, 5.41) is 10.2. The van der Waals surface area contributed by atoms with Crippen molar-refractivity contribution in [3.05, 3.63) is 34.3 Å². The first-order valence-electron chi connectivity index (χ1n) is 6.82. The maximum atomic E-state index is 11.6. The van der Waals surface area contributed by atoms with Gasteiger partial charge in [0, 0.05) is 24.1 Å². The second-order valence-electron chi connectivity index (χ2n) is 5.41. The molecule has 116 valence electrons. The maximum Gasteiger partial charge on any atom is 0.338 e. The van der Waals surface area contributed by atoms with E-state index in [1.165, 1.54) is 14.0 Å². The van der Waals surface area contributed by atoms with E-state index in [1.807, 2.05) is 29.2 Å². The van der Waals surface area contributed by atoms with Crippen LogP contribution < -0.4 is 0 Å². The summed E-state index contributed by atoms with van der Waals surface area (Å²) in [5.74, 6) is -0.618.